The number of benzene rings is 1. The molecule has 1 saturated carbocycles. The average Bonchev–Trinajstić information content (AvgIpc) is 2.69. The Morgan fingerprint density at radius 1 is 1.14 bits per heavy atom. The third kappa shape index (κ3) is 5.94. The number of carbonyl (C=O) groups excluding carboxylic acids is 3. The van der Waals surface area contributed by atoms with Crippen LogP contribution in [0.1, 0.15) is 56.0 Å². The summed E-state index contributed by atoms with van der Waals surface area (Å²) < 4.78 is 9.84. The second kappa shape index (κ2) is 10.1. The molecule has 152 valence electrons. The van der Waals surface area contributed by atoms with Crippen LogP contribution in [0.3, 0.4) is 0 Å². The van der Waals surface area contributed by atoms with E-state index in [1.165, 1.54) is 19.6 Å². The Bertz CT molecular complexity index is 725. The van der Waals surface area contributed by atoms with Crippen LogP contribution in [-0.4, -0.2) is 37.1 Å². The Hall–Kier alpha value is -2.63. The van der Waals surface area contributed by atoms with Crippen LogP contribution >= 0.6 is 0 Å². The van der Waals surface area contributed by atoms with Gasteiger partial charge in [0.1, 0.15) is 0 Å². The molecule has 0 bridgehead atoms. The predicted molar refractivity (Wildman–Crippen MR) is 106 cm³/mol. The van der Waals surface area contributed by atoms with Crippen LogP contribution in [0, 0.1) is 11.8 Å². The van der Waals surface area contributed by atoms with Gasteiger partial charge in [-0.15, -0.1) is 0 Å². The molecule has 0 aliphatic heterocycles. The first-order chi connectivity index (χ1) is 13.3. The van der Waals surface area contributed by atoms with E-state index in [-0.39, 0.29) is 11.9 Å². The molecule has 1 fully saturated rings. The number of hydrogen-bond acceptors (Lipinski definition) is 5. The molecular formula is C22H29NO5. The molecular weight excluding hydrogens is 358 g/mol. The van der Waals surface area contributed by atoms with Crippen LogP contribution in [0.2, 0.25) is 0 Å². The average molecular weight is 387 g/mol. The number of carbonyl (C=O) groups is 3. The Labute approximate surface area is 166 Å². The van der Waals surface area contributed by atoms with Gasteiger partial charge in [-0.05, 0) is 49.0 Å². The SMILES string of the molecule is COC(=O)c1ccc(/C=C/C(=O)O[C@H](C)C(=O)N[C@H]2CCC[C@H](C)[C@H]2C)cc1. The van der Waals surface area contributed by atoms with E-state index in [4.69, 9.17) is 4.74 Å². The van der Waals surface area contributed by atoms with Crippen molar-refractivity contribution in [2.24, 2.45) is 11.8 Å². The zero-order valence-electron chi connectivity index (χ0n) is 16.9. The third-order valence-corrected chi connectivity index (χ3v) is 5.44. The number of hydrogen-bond donors (Lipinski definition) is 1. The maximum Gasteiger partial charge on any atom is 0.337 e. The molecule has 1 aliphatic carbocycles. The number of methoxy groups -OCH3 is 1. The molecule has 0 spiro atoms. The minimum atomic E-state index is -0.858. The monoisotopic (exact) mass is 387 g/mol. The molecule has 0 aromatic heterocycles. The highest BCUT2D eigenvalue weighted by molar-refractivity contribution is 5.91. The van der Waals surface area contributed by atoms with E-state index in [2.05, 4.69) is 23.9 Å². The van der Waals surface area contributed by atoms with Crippen LogP contribution < -0.4 is 5.32 Å². The number of nitrogens with one attached hydrogen (secondary N) is 1. The largest absolute Gasteiger partial charge is 0.465 e. The summed E-state index contributed by atoms with van der Waals surface area (Å²) in [5, 5.41) is 3.02. The first-order valence-electron chi connectivity index (χ1n) is 9.69. The van der Waals surface area contributed by atoms with Gasteiger partial charge in [-0.1, -0.05) is 38.8 Å². The van der Waals surface area contributed by atoms with Gasteiger partial charge in [-0.3, -0.25) is 4.79 Å². The fraction of sp³-hybridized carbons (Fsp3) is 0.500. The Kier molecular flexibility index (Phi) is 7.79. The minimum absolute atomic E-state index is 0.126. The second-order valence-corrected chi connectivity index (χ2v) is 7.41. The zero-order valence-corrected chi connectivity index (χ0v) is 16.9. The van der Waals surface area contributed by atoms with Crippen LogP contribution in [0.5, 0.6) is 0 Å². The van der Waals surface area contributed by atoms with Crippen LogP contribution in [0.4, 0.5) is 0 Å². The first kappa shape index (κ1) is 21.7. The van der Waals surface area contributed by atoms with E-state index < -0.39 is 18.0 Å². The van der Waals surface area contributed by atoms with E-state index in [9.17, 15) is 14.4 Å². The van der Waals surface area contributed by atoms with Crippen molar-refractivity contribution in [3.63, 3.8) is 0 Å². The number of ether oxygens (including phenoxy) is 2. The van der Waals surface area contributed by atoms with Gasteiger partial charge >= 0.3 is 11.9 Å². The number of rotatable bonds is 6. The lowest BCUT2D eigenvalue weighted by Crippen LogP contribution is -2.47. The van der Waals surface area contributed by atoms with Gasteiger partial charge in [0.2, 0.25) is 0 Å². The first-order valence-corrected chi connectivity index (χ1v) is 9.69. The Morgan fingerprint density at radius 3 is 2.46 bits per heavy atom. The summed E-state index contributed by atoms with van der Waals surface area (Å²) in [6.45, 7) is 5.93. The summed E-state index contributed by atoms with van der Waals surface area (Å²) in [5.74, 6) is -0.296. The van der Waals surface area contributed by atoms with E-state index in [0.717, 1.165) is 18.4 Å². The summed E-state index contributed by atoms with van der Waals surface area (Å²) in [6.07, 6.45) is 5.22. The predicted octanol–water partition coefficient (Wildman–Crippen LogP) is 3.36. The topological polar surface area (TPSA) is 81.7 Å². The minimum Gasteiger partial charge on any atom is -0.465 e. The van der Waals surface area contributed by atoms with Gasteiger partial charge in [0, 0.05) is 12.1 Å². The zero-order chi connectivity index (χ0) is 20.7. The van der Waals surface area contributed by atoms with Crippen molar-refractivity contribution in [2.45, 2.75) is 52.2 Å². The summed E-state index contributed by atoms with van der Waals surface area (Å²) in [5.41, 5.74) is 1.16. The lowest BCUT2D eigenvalue weighted by Gasteiger charge is -2.35. The summed E-state index contributed by atoms with van der Waals surface area (Å²) in [7, 11) is 1.32. The van der Waals surface area contributed by atoms with Crippen LogP contribution in [-0.2, 0) is 19.1 Å². The number of amides is 1. The smallest absolute Gasteiger partial charge is 0.337 e. The van der Waals surface area contributed by atoms with Gasteiger partial charge in [0.05, 0.1) is 12.7 Å². The van der Waals surface area contributed by atoms with Gasteiger partial charge in [-0.25, -0.2) is 9.59 Å². The molecule has 0 unspecified atom stereocenters. The van der Waals surface area contributed by atoms with Crippen LogP contribution in [0.25, 0.3) is 6.08 Å². The summed E-state index contributed by atoms with van der Waals surface area (Å²) in [4.78, 5) is 35.7. The van der Waals surface area contributed by atoms with Crippen LogP contribution in [0.15, 0.2) is 30.3 Å². The molecule has 0 saturated heterocycles. The van der Waals surface area contributed by atoms with Gasteiger partial charge < -0.3 is 14.8 Å². The van der Waals surface area contributed by atoms with Crippen molar-refractivity contribution in [1.82, 2.24) is 5.32 Å². The van der Waals surface area contributed by atoms with Gasteiger partial charge in [0.15, 0.2) is 6.10 Å². The molecule has 6 nitrogen and oxygen atoms in total. The standard InChI is InChI=1S/C22H29NO5/c1-14-6-5-7-19(15(14)2)23-21(25)16(3)28-20(24)13-10-17-8-11-18(12-9-17)22(26)27-4/h8-16,19H,5-7H2,1-4H3,(H,23,25)/b13-10+/t14-,15+,16+,19-/m0/s1. The maximum atomic E-state index is 12.3. The maximum absolute atomic E-state index is 12.3. The molecule has 6 heteroatoms. The molecule has 4 atom stereocenters. The van der Waals surface area contributed by atoms with Gasteiger partial charge in [0.25, 0.3) is 5.91 Å². The Balaban J connectivity index is 1.85. The fourth-order valence-corrected chi connectivity index (χ4v) is 3.37. The fourth-order valence-electron chi connectivity index (χ4n) is 3.37. The molecule has 28 heavy (non-hydrogen) atoms. The van der Waals surface area contributed by atoms with E-state index in [1.54, 1.807) is 37.3 Å². The molecule has 1 aliphatic rings. The molecule has 1 amide bonds. The highest BCUT2D eigenvalue weighted by atomic mass is 16.5. The Morgan fingerprint density at radius 2 is 1.82 bits per heavy atom. The molecule has 1 aromatic carbocycles. The van der Waals surface area contributed by atoms with E-state index in [1.807, 2.05) is 0 Å². The van der Waals surface area contributed by atoms with Crippen molar-refractivity contribution in [3.8, 4) is 0 Å². The van der Waals surface area contributed by atoms with E-state index >= 15 is 0 Å². The molecule has 0 heterocycles. The second-order valence-electron chi connectivity index (χ2n) is 7.41. The molecule has 0 radical (unpaired) electrons. The van der Waals surface area contributed by atoms with Crippen molar-refractivity contribution < 1.29 is 23.9 Å². The normalized spacial score (nSPS) is 23.1. The summed E-state index contributed by atoms with van der Waals surface area (Å²) in [6, 6.07) is 6.73. The third-order valence-electron chi connectivity index (χ3n) is 5.44. The lowest BCUT2D eigenvalue weighted by atomic mass is 9.78. The quantitative estimate of drug-likeness (QED) is 0.598. The van der Waals surface area contributed by atoms with Gasteiger partial charge in [-0.2, -0.15) is 0 Å². The highest BCUT2D eigenvalue weighted by Gasteiger charge is 2.29. The lowest BCUT2D eigenvalue weighted by molar-refractivity contribution is -0.150. The van der Waals surface area contributed by atoms with Crippen molar-refractivity contribution in [3.05, 3.63) is 41.5 Å². The van der Waals surface area contributed by atoms with Crippen molar-refractivity contribution >= 4 is 23.9 Å². The molecule has 2 rings (SSSR count). The van der Waals surface area contributed by atoms with Crippen molar-refractivity contribution in [1.29, 1.82) is 0 Å². The summed E-state index contributed by atoms with van der Waals surface area (Å²) >= 11 is 0. The van der Waals surface area contributed by atoms with E-state index in [0.29, 0.717) is 17.4 Å². The molecule has 1 aromatic rings. The van der Waals surface area contributed by atoms with Crippen molar-refractivity contribution in [2.75, 3.05) is 7.11 Å². The number of esters is 2. The highest BCUT2D eigenvalue weighted by Crippen LogP contribution is 2.29. The molecule has 1 N–H and O–H groups in total.